The third-order valence-corrected chi connectivity index (χ3v) is 4.36. The zero-order valence-corrected chi connectivity index (χ0v) is 13.4. The van der Waals surface area contributed by atoms with Crippen LogP contribution in [-0.2, 0) is 6.54 Å². The number of hydrogen-bond donors (Lipinski definition) is 1. The monoisotopic (exact) mass is 327 g/mol. The second kappa shape index (κ2) is 7.25. The van der Waals surface area contributed by atoms with Crippen LogP contribution in [0.2, 0.25) is 5.02 Å². The predicted octanol–water partition coefficient (Wildman–Crippen LogP) is 5.27. The Labute approximate surface area is 132 Å². The summed E-state index contributed by atoms with van der Waals surface area (Å²) in [6, 6.07) is 9.38. The average molecular weight is 328 g/mol. The molecule has 2 rings (SSSR count). The van der Waals surface area contributed by atoms with E-state index in [2.05, 4.69) is 19.2 Å². The van der Waals surface area contributed by atoms with Crippen LogP contribution in [0, 0.1) is 11.6 Å². The Morgan fingerprint density at radius 2 is 1.86 bits per heavy atom. The van der Waals surface area contributed by atoms with E-state index in [0.717, 1.165) is 36.0 Å². The summed E-state index contributed by atoms with van der Waals surface area (Å²) >= 11 is 7.34. The molecule has 0 fully saturated rings. The highest BCUT2D eigenvalue weighted by atomic mass is 35.5. The zero-order chi connectivity index (χ0) is 15.4. The Kier molecular flexibility index (Phi) is 5.62. The first-order chi connectivity index (χ1) is 9.95. The van der Waals surface area contributed by atoms with Crippen LogP contribution in [0.25, 0.3) is 0 Å². The third-order valence-electron chi connectivity index (χ3n) is 2.82. The summed E-state index contributed by atoms with van der Waals surface area (Å²) in [5, 5.41) is 3.83. The molecular weight excluding hydrogens is 312 g/mol. The average Bonchev–Trinajstić information content (AvgIpc) is 2.43. The molecule has 0 aliphatic rings. The van der Waals surface area contributed by atoms with E-state index in [-0.39, 0.29) is 4.90 Å². The van der Waals surface area contributed by atoms with E-state index in [1.165, 1.54) is 6.07 Å². The predicted molar refractivity (Wildman–Crippen MR) is 83.9 cm³/mol. The number of hydrogen-bond acceptors (Lipinski definition) is 2. The smallest absolute Gasteiger partial charge is 0.137 e. The quantitative estimate of drug-likeness (QED) is 0.803. The number of nitrogens with one attached hydrogen (secondary N) is 1. The first-order valence-electron chi connectivity index (χ1n) is 6.60. The van der Waals surface area contributed by atoms with Gasteiger partial charge in [-0.25, -0.2) is 8.78 Å². The van der Waals surface area contributed by atoms with Crippen LogP contribution in [0.1, 0.15) is 19.4 Å². The van der Waals surface area contributed by atoms with E-state index in [9.17, 15) is 8.78 Å². The van der Waals surface area contributed by atoms with Crippen molar-refractivity contribution in [2.24, 2.45) is 0 Å². The molecule has 0 aliphatic heterocycles. The molecule has 0 saturated heterocycles. The lowest BCUT2D eigenvalue weighted by Gasteiger charge is -2.10. The molecule has 112 valence electrons. The van der Waals surface area contributed by atoms with Crippen molar-refractivity contribution >= 4 is 23.4 Å². The van der Waals surface area contributed by atoms with Crippen molar-refractivity contribution in [1.82, 2.24) is 5.32 Å². The van der Waals surface area contributed by atoms with Gasteiger partial charge in [-0.05, 0) is 35.9 Å². The van der Waals surface area contributed by atoms with Gasteiger partial charge in [0.05, 0.1) is 9.92 Å². The minimum Gasteiger partial charge on any atom is -0.310 e. The lowest BCUT2D eigenvalue weighted by Crippen LogP contribution is -2.21. The van der Waals surface area contributed by atoms with Gasteiger partial charge in [0, 0.05) is 17.5 Å². The van der Waals surface area contributed by atoms with E-state index < -0.39 is 11.6 Å². The molecule has 0 atom stereocenters. The fraction of sp³-hybridized carbons (Fsp3) is 0.250. The van der Waals surface area contributed by atoms with E-state index in [1.807, 2.05) is 18.2 Å². The van der Waals surface area contributed by atoms with Crippen molar-refractivity contribution in [3.8, 4) is 0 Å². The van der Waals surface area contributed by atoms with Gasteiger partial charge in [0.25, 0.3) is 0 Å². The van der Waals surface area contributed by atoms with Gasteiger partial charge in [0.2, 0.25) is 0 Å². The standard InChI is InChI=1S/C16H16ClF2NS/c1-10(2)20-9-11-3-6-15(13(17)7-11)21-16-8-12(18)4-5-14(16)19/h3-8,10,20H,9H2,1-2H3. The highest BCUT2D eigenvalue weighted by molar-refractivity contribution is 7.99. The SMILES string of the molecule is CC(C)NCc1ccc(Sc2cc(F)ccc2F)c(Cl)c1. The van der Waals surface area contributed by atoms with Crippen LogP contribution in [0.5, 0.6) is 0 Å². The van der Waals surface area contributed by atoms with Crippen molar-refractivity contribution in [2.45, 2.75) is 36.2 Å². The van der Waals surface area contributed by atoms with Gasteiger partial charge in [-0.2, -0.15) is 0 Å². The molecule has 5 heteroatoms. The fourth-order valence-corrected chi connectivity index (χ4v) is 2.92. The topological polar surface area (TPSA) is 12.0 Å². The molecule has 0 amide bonds. The molecule has 0 aromatic heterocycles. The van der Waals surface area contributed by atoms with E-state index in [1.54, 1.807) is 0 Å². The Morgan fingerprint density at radius 3 is 2.52 bits per heavy atom. The van der Waals surface area contributed by atoms with Crippen LogP contribution < -0.4 is 5.32 Å². The fourth-order valence-electron chi connectivity index (χ4n) is 1.73. The van der Waals surface area contributed by atoms with Gasteiger partial charge < -0.3 is 5.32 Å². The van der Waals surface area contributed by atoms with Crippen LogP contribution in [0.4, 0.5) is 8.78 Å². The molecule has 0 heterocycles. The first-order valence-corrected chi connectivity index (χ1v) is 7.80. The Balaban J connectivity index is 2.15. The molecule has 0 unspecified atom stereocenters. The molecule has 0 spiro atoms. The maximum Gasteiger partial charge on any atom is 0.137 e. The van der Waals surface area contributed by atoms with E-state index in [0.29, 0.717) is 16.0 Å². The second-order valence-electron chi connectivity index (χ2n) is 4.98. The maximum atomic E-state index is 13.6. The van der Waals surface area contributed by atoms with Crippen molar-refractivity contribution in [2.75, 3.05) is 0 Å². The van der Waals surface area contributed by atoms with Crippen LogP contribution >= 0.6 is 23.4 Å². The summed E-state index contributed by atoms with van der Waals surface area (Å²) in [7, 11) is 0. The van der Waals surface area contributed by atoms with Crippen molar-refractivity contribution < 1.29 is 8.78 Å². The second-order valence-corrected chi connectivity index (χ2v) is 6.47. The lowest BCUT2D eigenvalue weighted by atomic mass is 10.2. The maximum absolute atomic E-state index is 13.6. The highest BCUT2D eigenvalue weighted by Gasteiger charge is 2.09. The highest BCUT2D eigenvalue weighted by Crippen LogP contribution is 2.35. The normalized spacial score (nSPS) is 11.1. The summed E-state index contributed by atoms with van der Waals surface area (Å²) < 4.78 is 26.8. The third kappa shape index (κ3) is 4.70. The Morgan fingerprint density at radius 1 is 1.10 bits per heavy atom. The van der Waals surface area contributed by atoms with Crippen molar-refractivity contribution in [1.29, 1.82) is 0 Å². The minimum absolute atomic E-state index is 0.227. The summed E-state index contributed by atoms with van der Waals surface area (Å²) in [5.41, 5.74) is 1.05. The molecule has 0 radical (unpaired) electrons. The van der Waals surface area contributed by atoms with E-state index in [4.69, 9.17) is 11.6 Å². The molecule has 21 heavy (non-hydrogen) atoms. The van der Waals surface area contributed by atoms with Crippen molar-refractivity contribution in [3.05, 3.63) is 58.6 Å². The molecule has 0 bridgehead atoms. The molecule has 1 nitrogen and oxygen atoms in total. The van der Waals surface area contributed by atoms with Crippen LogP contribution in [0.3, 0.4) is 0 Å². The van der Waals surface area contributed by atoms with E-state index >= 15 is 0 Å². The van der Waals surface area contributed by atoms with Crippen molar-refractivity contribution in [3.63, 3.8) is 0 Å². The van der Waals surface area contributed by atoms with Gasteiger partial charge >= 0.3 is 0 Å². The molecule has 1 N–H and O–H groups in total. The van der Waals surface area contributed by atoms with Gasteiger partial charge in [-0.3, -0.25) is 0 Å². The number of benzene rings is 2. The largest absolute Gasteiger partial charge is 0.310 e. The number of rotatable bonds is 5. The van der Waals surface area contributed by atoms with Gasteiger partial charge in [-0.1, -0.05) is 43.3 Å². The molecule has 0 saturated carbocycles. The van der Waals surface area contributed by atoms with Gasteiger partial charge in [0.1, 0.15) is 11.6 Å². The molecule has 2 aromatic rings. The molecule has 2 aromatic carbocycles. The molecule has 0 aliphatic carbocycles. The van der Waals surface area contributed by atoms with Crippen LogP contribution in [0.15, 0.2) is 46.2 Å². The summed E-state index contributed by atoms with van der Waals surface area (Å²) in [4.78, 5) is 0.930. The summed E-state index contributed by atoms with van der Waals surface area (Å²) in [5.74, 6) is -0.921. The van der Waals surface area contributed by atoms with Gasteiger partial charge in [-0.15, -0.1) is 0 Å². The Hall–Kier alpha value is -1.10. The summed E-state index contributed by atoms with van der Waals surface area (Å²) in [6.07, 6.45) is 0. The zero-order valence-electron chi connectivity index (χ0n) is 11.8. The Bertz CT molecular complexity index is 632. The first kappa shape index (κ1) is 16.3. The molecular formula is C16H16ClF2NS. The van der Waals surface area contributed by atoms with Gasteiger partial charge in [0.15, 0.2) is 0 Å². The summed E-state index contributed by atoms with van der Waals surface area (Å²) in [6.45, 7) is 4.85. The lowest BCUT2D eigenvalue weighted by molar-refractivity contribution is 0.577. The number of halogens is 3. The minimum atomic E-state index is -0.465. The van der Waals surface area contributed by atoms with Crippen LogP contribution in [-0.4, -0.2) is 6.04 Å².